The molecule has 2 aliphatic rings. The fourth-order valence-electron chi connectivity index (χ4n) is 5.05. The Bertz CT molecular complexity index is 1290. The molecule has 0 spiro atoms. The Kier molecular flexibility index (Phi) is 6.11. The van der Waals surface area contributed by atoms with Gasteiger partial charge in [0.25, 0.3) is 0 Å². The van der Waals surface area contributed by atoms with Crippen LogP contribution in [0.5, 0.6) is 0 Å². The van der Waals surface area contributed by atoms with Crippen molar-refractivity contribution >= 4 is 56.5 Å². The minimum Gasteiger partial charge on any atom is -1.00 e. The van der Waals surface area contributed by atoms with Crippen LogP contribution in [0.1, 0.15) is 29.5 Å². The zero-order valence-electron chi connectivity index (χ0n) is 16.1. The van der Waals surface area contributed by atoms with Crippen LogP contribution in [-0.4, -0.2) is 7.38 Å². The molecule has 143 valence electrons. The van der Waals surface area contributed by atoms with E-state index in [0.29, 0.717) is 5.92 Å². The summed E-state index contributed by atoms with van der Waals surface area (Å²) < 4.78 is 0. The Morgan fingerprint density at radius 2 is 1.66 bits per heavy atom. The molecular weight excluding hydrogens is 514 g/mol. The summed E-state index contributed by atoms with van der Waals surface area (Å²) in [6, 6.07) is 22.3. The number of benzene rings is 3. The monoisotopic (exact) mass is 529 g/mol. The van der Waals surface area contributed by atoms with E-state index in [2.05, 4.69) is 80.2 Å². The summed E-state index contributed by atoms with van der Waals surface area (Å²) in [5, 5.41) is 8.39. The first-order chi connectivity index (χ1) is 12.6. The van der Waals surface area contributed by atoms with Gasteiger partial charge in [-0.2, -0.15) is 11.1 Å². The first kappa shape index (κ1) is 22.9. The van der Waals surface area contributed by atoms with E-state index in [4.69, 9.17) is 11.1 Å². The van der Waals surface area contributed by atoms with Gasteiger partial charge < -0.3 is 24.8 Å². The third kappa shape index (κ3) is 3.07. The maximum atomic E-state index is 7.05. The van der Waals surface area contributed by atoms with Gasteiger partial charge >= 0.3 is 26.2 Å². The van der Waals surface area contributed by atoms with Crippen molar-refractivity contribution in [2.24, 2.45) is 0 Å². The van der Waals surface area contributed by atoms with E-state index >= 15 is 0 Å². The van der Waals surface area contributed by atoms with Crippen molar-refractivity contribution in [3.8, 4) is 0 Å². The molecule has 6 rings (SSSR count). The molecule has 5 heteroatoms. The van der Waals surface area contributed by atoms with E-state index in [1.165, 1.54) is 54.2 Å². The molecule has 4 aromatic rings. The SMILES string of the molecule is CC1=Cc2ccccc2C1c1c2c(cc3c1[cH-]c1ccccc13)[Si]2(C)Cl.[Cl-].[Cl-].[Zr+3]. The second-order valence-corrected chi connectivity index (χ2v) is 13.2. The Morgan fingerprint density at radius 3 is 2.45 bits per heavy atom. The van der Waals surface area contributed by atoms with Gasteiger partial charge in [0.05, 0.1) is 0 Å². The van der Waals surface area contributed by atoms with E-state index in [1.807, 2.05) is 0 Å². The van der Waals surface area contributed by atoms with Crippen molar-refractivity contribution < 1.29 is 51.0 Å². The van der Waals surface area contributed by atoms with Crippen molar-refractivity contribution in [1.29, 1.82) is 0 Å². The Hall–Kier alpha value is -0.760. The minimum absolute atomic E-state index is 0. The molecule has 1 radical (unpaired) electrons. The molecule has 1 aliphatic heterocycles. The zero-order chi connectivity index (χ0) is 17.6. The summed E-state index contributed by atoms with van der Waals surface area (Å²) in [4.78, 5) is 0. The van der Waals surface area contributed by atoms with E-state index in [1.54, 1.807) is 0 Å². The van der Waals surface area contributed by atoms with E-state index < -0.39 is 7.38 Å². The second kappa shape index (κ2) is 7.74. The van der Waals surface area contributed by atoms with Crippen LogP contribution in [0.2, 0.25) is 6.55 Å². The first-order valence-corrected chi connectivity index (χ1v) is 12.7. The van der Waals surface area contributed by atoms with Crippen molar-refractivity contribution in [1.82, 2.24) is 0 Å². The van der Waals surface area contributed by atoms with Gasteiger partial charge in [-0.25, -0.2) is 0 Å². The molecular formula is C24H18Cl3SiZr. The molecule has 2 atom stereocenters. The summed E-state index contributed by atoms with van der Waals surface area (Å²) in [5.74, 6) is 0.341. The molecule has 0 N–H and O–H groups in total. The average molecular weight is 532 g/mol. The van der Waals surface area contributed by atoms with Gasteiger partial charge in [0.1, 0.15) is 0 Å². The summed E-state index contributed by atoms with van der Waals surface area (Å²) in [5.41, 5.74) is 5.70. The first-order valence-electron chi connectivity index (χ1n) is 9.19. The number of rotatable bonds is 1. The van der Waals surface area contributed by atoms with Gasteiger partial charge in [0, 0.05) is 5.92 Å². The normalized spacial score (nSPS) is 20.8. The van der Waals surface area contributed by atoms with Crippen molar-refractivity contribution in [2.75, 3.05) is 0 Å². The van der Waals surface area contributed by atoms with Crippen molar-refractivity contribution in [2.45, 2.75) is 19.4 Å². The summed E-state index contributed by atoms with van der Waals surface area (Å²) >= 11 is 7.05. The van der Waals surface area contributed by atoms with Crippen LogP contribution in [-0.2, 0) is 26.2 Å². The minimum atomic E-state index is -1.90. The van der Waals surface area contributed by atoms with Gasteiger partial charge in [-0.15, -0.1) is 33.7 Å². The van der Waals surface area contributed by atoms with Crippen LogP contribution in [0.4, 0.5) is 0 Å². The fraction of sp³-hybridized carbons (Fsp3) is 0.125. The number of fused-ring (bicyclic) bond motifs is 5. The number of halogens is 3. The quantitative estimate of drug-likeness (QED) is 0.177. The van der Waals surface area contributed by atoms with Crippen LogP contribution in [0.15, 0.2) is 66.2 Å². The third-order valence-electron chi connectivity index (χ3n) is 6.31. The van der Waals surface area contributed by atoms with Crippen LogP contribution < -0.4 is 35.2 Å². The van der Waals surface area contributed by atoms with E-state index in [-0.39, 0.29) is 51.0 Å². The molecule has 1 aliphatic carbocycles. The van der Waals surface area contributed by atoms with Gasteiger partial charge in [-0.05, 0) is 24.6 Å². The Balaban J connectivity index is 0.000000801. The average Bonchev–Trinajstić information content (AvgIpc) is 2.95. The molecule has 0 fully saturated rings. The van der Waals surface area contributed by atoms with Gasteiger partial charge in [-0.1, -0.05) is 76.1 Å². The van der Waals surface area contributed by atoms with Crippen LogP contribution in [0.25, 0.3) is 27.6 Å². The number of allylic oxidation sites excluding steroid dienone is 1. The predicted molar refractivity (Wildman–Crippen MR) is 116 cm³/mol. The van der Waals surface area contributed by atoms with E-state index in [9.17, 15) is 0 Å². The molecule has 29 heavy (non-hydrogen) atoms. The second-order valence-electron chi connectivity index (χ2n) is 7.86. The molecule has 0 nitrogen and oxygen atoms in total. The molecule has 0 saturated carbocycles. The molecule has 1 heterocycles. The molecule has 2 unspecified atom stereocenters. The standard InChI is InChI=1S/C24H18ClSi.2ClH.Zr/c1-14-11-15-7-4-6-10-18(15)22(14)23-20-12-16-8-3-5-9-17(16)19(20)13-21-24(23)26(21,2)25;;;/h3-13,22H,1-2H3;2*1H;/q-1;;;+3/p-2. The molecule has 0 aromatic heterocycles. The molecule has 0 saturated heterocycles. The number of hydrogen-bond acceptors (Lipinski definition) is 0. The van der Waals surface area contributed by atoms with Gasteiger partial charge in [0.2, 0.25) is 7.38 Å². The summed E-state index contributed by atoms with van der Waals surface area (Å²) in [6.07, 6.45) is 2.35. The predicted octanol–water partition coefficient (Wildman–Crippen LogP) is -0.492. The van der Waals surface area contributed by atoms with Crippen molar-refractivity contribution in [3.05, 3.63) is 82.9 Å². The summed E-state index contributed by atoms with van der Waals surface area (Å²) in [7, 11) is -1.90. The van der Waals surface area contributed by atoms with Gasteiger partial charge in [0.15, 0.2) is 0 Å². The Labute approximate surface area is 208 Å². The molecule has 0 bridgehead atoms. The zero-order valence-corrected chi connectivity index (χ0v) is 21.8. The van der Waals surface area contributed by atoms with Gasteiger partial charge in [-0.3, -0.25) is 0 Å². The third-order valence-corrected chi connectivity index (χ3v) is 10.1. The number of hydrogen-bond donors (Lipinski definition) is 0. The molecule has 4 aromatic carbocycles. The topological polar surface area (TPSA) is 0 Å². The molecule has 0 amide bonds. The maximum absolute atomic E-state index is 7.05. The van der Waals surface area contributed by atoms with Crippen LogP contribution in [0.3, 0.4) is 0 Å². The summed E-state index contributed by atoms with van der Waals surface area (Å²) in [6.45, 7) is 4.55. The van der Waals surface area contributed by atoms with Crippen LogP contribution >= 0.6 is 11.1 Å². The largest absolute Gasteiger partial charge is 3.00 e. The maximum Gasteiger partial charge on any atom is 3.00 e. The van der Waals surface area contributed by atoms with Crippen LogP contribution in [0, 0.1) is 0 Å². The Morgan fingerprint density at radius 1 is 0.966 bits per heavy atom. The smallest absolute Gasteiger partial charge is 1.00 e. The van der Waals surface area contributed by atoms with Crippen molar-refractivity contribution in [3.63, 3.8) is 0 Å². The van der Waals surface area contributed by atoms with E-state index in [0.717, 1.165) is 0 Å². The fourth-order valence-corrected chi connectivity index (χ4v) is 8.92.